The van der Waals surface area contributed by atoms with Gasteiger partial charge in [0.25, 0.3) is 5.91 Å². The first kappa shape index (κ1) is 25.7. The number of carbonyl (C=O) groups excluding carboxylic acids is 2. The van der Waals surface area contributed by atoms with Gasteiger partial charge in [-0.2, -0.15) is 5.26 Å². The third-order valence-electron chi connectivity index (χ3n) is 6.70. The number of esters is 1. The van der Waals surface area contributed by atoms with Crippen LogP contribution in [-0.2, 0) is 9.53 Å². The molecule has 36 heavy (non-hydrogen) atoms. The lowest BCUT2D eigenvalue weighted by Gasteiger charge is -2.31. The largest absolute Gasteiger partial charge is 0.490 e. The van der Waals surface area contributed by atoms with Gasteiger partial charge in [-0.1, -0.05) is 11.6 Å². The molecule has 2 aliphatic rings. The third-order valence-corrected chi connectivity index (χ3v) is 7.01. The van der Waals surface area contributed by atoms with E-state index in [-0.39, 0.29) is 35.6 Å². The first-order valence-electron chi connectivity index (χ1n) is 12.4. The van der Waals surface area contributed by atoms with Crippen LogP contribution in [0.15, 0.2) is 30.3 Å². The minimum absolute atomic E-state index is 0.0363. The number of nitrogens with zero attached hydrogens (tertiary/aromatic N) is 4. The molecule has 2 fully saturated rings. The van der Waals surface area contributed by atoms with Gasteiger partial charge in [0, 0.05) is 25.2 Å². The second-order valence-corrected chi connectivity index (χ2v) is 9.52. The summed E-state index contributed by atoms with van der Waals surface area (Å²) in [5.41, 5.74) is 0.705. The van der Waals surface area contributed by atoms with Crippen LogP contribution in [0.25, 0.3) is 0 Å². The zero-order valence-corrected chi connectivity index (χ0v) is 21.0. The smallest absolute Gasteiger partial charge is 0.309 e. The van der Waals surface area contributed by atoms with Crippen LogP contribution in [-0.4, -0.2) is 53.9 Å². The Bertz CT molecular complexity index is 1100. The molecule has 1 aliphatic carbocycles. The summed E-state index contributed by atoms with van der Waals surface area (Å²) in [7, 11) is 0. The Labute approximate surface area is 215 Å². The molecule has 9 nitrogen and oxygen atoms in total. The summed E-state index contributed by atoms with van der Waals surface area (Å²) in [5, 5.41) is 20.8. The van der Waals surface area contributed by atoms with E-state index in [0.29, 0.717) is 54.7 Å². The molecule has 190 valence electrons. The third kappa shape index (κ3) is 6.43. The summed E-state index contributed by atoms with van der Waals surface area (Å²) in [4.78, 5) is 26.7. The van der Waals surface area contributed by atoms with E-state index in [2.05, 4.69) is 20.4 Å². The number of rotatable bonds is 7. The quantitative estimate of drug-likeness (QED) is 0.556. The molecular formula is C26H30ClN5O4. The van der Waals surface area contributed by atoms with E-state index < -0.39 is 0 Å². The van der Waals surface area contributed by atoms with Crippen LogP contribution in [0.4, 0.5) is 5.82 Å². The summed E-state index contributed by atoms with van der Waals surface area (Å²) < 4.78 is 11.1. The molecule has 1 aromatic carbocycles. The highest BCUT2D eigenvalue weighted by molar-refractivity contribution is 6.31. The molecule has 0 radical (unpaired) electrons. The fourth-order valence-electron chi connectivity index (χ4n) is 4.66. The average Bonchev–Trinajstić information content (AvgIpc) is 2.90. The number of nitriles is 1. The van der Waals surface area contributed by atoms with E-state index in [1.54, 1.807) is 30.3 Å². The SMILES string of the molecule is CCOC(=O)C1CCN(c2ccc(C(=O)NC3CCC(Oc4ccc(C#N)c(Cl)c4)CC3)nn2)CC1. The molecule has 0 unspecified atom stereocenters. The van der Waals surface area contributed by atoms with Crippen molar-refractivity contribution in [2.45, 2.75) is 57.6 Å². The van der Waals surface area contributed by atoms with Crippen LogP contribution in [0, 0.1) is 17.2 Å². The van der Waals surface area contributed by atoms with Gasteiger partial charge in [-0.15, -0.1) is 10.2 Å². The van der Waals surface area contributed by atoms with Gasteiger partial charge in [0.1, 0.15) is 11.8 Å². The van der Waals surface area contributed by atoms with Crippen LogP contribution in [0.3, 0.4) is 0 Å². The fourth-order valence-corrected chi connectivity index (χ4v) is 4.87. The number of aromatic nitrogens is 2. The van der Waals surface area contributed by atoms with Crippen LogP contribution < -0.4 is 15.0 Å². The predicted octanol–water partition coefficient (Wildman–Crippen LogP) is 3.90. The van der Waals surface area contributed by atoms with Crippen molar-refractivity contribution in [2.24, 2.45) is 5.92 Å². The van der Waals surface area contributed by atoms with Crippen molar-refractivity contribution in [1.29, 1.82) is 5.26 Å². The molecule has 1 amide bonds. The number of ether oxygens (including phenoxy) is 2. The maximum Gasteiger partial charge on any atom is 0.309 e. The van der Waals surface area contributed by atoms with E-state index >= 15 is 0 Å². The number of hydrogen-bond donors (Lipinski definition) is 1. The number of carbonyl (C=O) groups is 2. The lowest BCUT2D eigenvalue weighted by molar-refractivity contribution is -0.148. The first-order chi connectivity index (χ1) is 17.5. The van der Waals surface area contributed by atoms with Gasteiger partial charge >= 0.3 is 5.97 Å². The fraction of sp³-hybridized carbons (Fsp3) is 0.500. The second-order valence-electron chi connectivity index (χ2n) is 9.11. The van der Waals surface area contributed by atoms with Gasteiger partial charge in [-0.05, 0) is 69.7 Å². The van der Waals surface area contributed by atoms with E-state index in [4.69, 9.17) is 26.3 Å². The Kier molecular flexibility index (Phi) is 8.60. The second kappa shape index (κ2) is 12.0. The highest BCUT2D eigenvalue weighted by Crippen LogP contribution is 2.27. The molecule has 1 aromatic heterocycles. The molecule has 0 spiro atoms. The Morgan fingerprint density at radius 3 is 2.47 bits per heavy atom. The van der Waals surface area contributed by atoms with Crippen molar-refractivity contribution in [3.05, 3.63) is 46.6 Å². The average molecular weight is 512 g/mol. The van der Waals surface area contributed by atoms with E-state index in [1.165, 1.54) is 0 Å². The normalized spacial score (nSPS) is 20.3. The lowest BCUT2D eigenvalue weighted by Crippen LogP contribution is -2.40. The molecule has 0 bridgehead atoms. The molecule has 2 aromatic rings. The number of hydrogen-bond acceptors (Lipinski definition) is 8. The molecule has 1 aliphatic heterocycles. The number of amides is 1. The minimum atomic E-state index is -0.238. The summed E-state index contributed by atoms with van der Waals surface area (Å²) in [6.45, 7) is 3.61. The Morgan fingerprint density at radius 2 is 1.86 bits per heavy atom. The lowest BCUT2D eigenvalue weighted by atomic mass is 9.93. The van der Waals surface area contributed by atoms with E-state index in [1.807, 2.05) is 13.0 Å². The zero-order valence-electron chi connectivity index (χ0n) is 20.3. The Hall–Kier alpha value is -3.38. The van der Waals surface area contributed by atoms with Gasteiger partial charge in [0.05, 0.1) is 29.2 Å². The van der Waals surface area contributed by atoms with Crippen molar-refractivity contribution in [1.82, 2.24) is 15.5 Å². The van der Waals surface area contributed by atoms with E-state index in [9.17, 15) is 9.59 Å². The highest BCUT2D eigenvalue weighted by atomic mass is 35.5. The number of nitrogens with one attached hydrogen (secondary N) is 1. The summed E-state index contributed by atoms with van der Waals surface area (Å²) >= 11 is 6.09. The Morgan fingerprint density at radius 1 is 1.11 bits per heavy atom. The maximum atomic E-state index is 12.7. The van der Waals surface area contributed by atoms with Crippen LogP contribution >= 0.6 is 11.6 Å². The monoisotopic (exact) mass is 511 g/mol. The number of halogens is 1. The maximum absolute atomic E-state index is 12.7. The van der Waals surface area contributed by atoms with Gasteiger partial charge in [-0.3, -0.25) is 9.59 Å². The molecular weight excluding hydrogens is 482 g/mol. The van der Waals surface area contributed by atoms with Crippen molar-refractivity contribution in [3.63, 3.8) is 0 Å². The van der Waals surface area contributed by atoms with Gasteiger partial charge in [-0.25, -0.2) is 0 Å². The zero-order chi connectivity index (χ0) is 25.5. The summed E-state index contributed by atoms with van der Waals surface area (Å²) in [6, 6.07) is 10.7. The van der Waals surface area contributed by atoms with Gasteiger partial charge < -0.3 is 19.7 Å². The minimum Gasteiger partial charge on any atom is -0.490 e. The first-order valence-corrected chi connectivity index (χ1v) is 12.8. The van der Waals surface area contributed by atoms with Crippen LogP contribution in [0.2, 0.25) is 5.02 Å². The van der Waals surface area contributed by atoms with Gasteiger partial charge in [0.15, 0.2) is 11.5 Å². The van der Waals surface area contributed by atoms with Crippen LogP contribution in [0.1, 0.15) is 61.5 Å². The molecule has 1 saturated carbocycles. The molecule has 0 atom stereocenters. The summed E-state index contributed by atoms with van der Waals surface area (Å²) in [5.74, 6) is 0.913. The van der Waals surface area contributed by atoms with Crippen LogP contribution in [0.5, 0.6) is 5.75 Å². The standard InChI is InChI=1S/C26H30ClN5O4/c1-2-35-26(34)17-11-13-32(14-12-17)24-10-9-23(30-31-24)25(33)29-19-4-7-20(8-5-19)36-21-6-3-18(16-28)22(27)15-21/h3,6,9-10,15,17,19-20H,2,4-5,7-8,11-14H2,1H3,(H,29,33). The van der Waals surface area contributed by atoms with E-state index in [0.717, 1.165) is 25.7 Å². The molecule has 4 rings (SSSR count). The van der Waals surface area contributed by atoms with Crippen molar-refractivity contribution >= 4 is 29.3 Å². The highest BCUT2D eigenvalue weighted by Gasteiger charge is 2.27. The van der Waals surface area contributed by atoms with Gasteiger partial charge in [0.2, 0.25) is 0 Å². The molecule has 1 saturated heterocycles. The topological polar surface area (TPSA) is 117 Å². The van der Waals surface area contributed by atoms with Crippen molar-refractivity contribution in [2.75, 3.05) is 24.6 Å². The number of benzene rings is 1. The Balaban J connectivity index is 1.22. The molecule has 10 heteroatoms. The summed E-state index contributed by atoms with van der Waals surface area (Å²) in [6.07, 6.45) is 4.65. The van der Waals surface area contributed by atoms with Crippen molar-refractivity contribution < 1.29 is 19.1 Å². The predicted molar refractivity (Wildman–Crippen MR) is 134 cm³/mol. The molecule has 2 heterocycles. The number of piperidine rings is 1. The van der Waals surface area contributed by atoms with Crippen molar-refractivity contribution in [3.8, 4) is 11.8 Å². The number of anilines is 1. The molecule has 1 N–H and O–H groups in total.